The summed E-state index contributed by atoms with van der Waals surface area (Å²) < 4.78 is 34.3. The van der Waals surface area contributed by atoms with E-state index in [0.29, 0.717) is 162 Å². The van der Waals surface area contributed by atoms with E-state index in [1.165, 1.54) is 0 Å². The molecule has 0 amide bonds. The van der Waals surface area contributed by atoms with Crippen LogP contribution in [0.3, 0.4) is 0 Å². The Bertz CT molecular complexity index is 6610. The highest BCUT2D eigenvalue weighted by atomic mass is 16.5. The molecule has 4 N–H and O–H groups in total. The van der Waals surface area contributed by atoms with E-state index in [1.54, 1.807) is 0 Å². The number of rotatable bonds is 0. The van der Waals surface area contributed by atoms with Crippen LogP contribution in [0.25, 0.3) is 132 Å². The van der Waals surface area contributed by atoms with Crippen molar-refractivity contribution in [2.24, 2.45) is 0 Å². The number of H-pyrrole nitrogens is 4. The first-order chi connectivity index (χ1) is 59.1. The van der Waals surface area contributed by atoms with Crippen molar-refractivity contribution in [2.45, 2.75) is 103 Å². The maximum atomic E-state index is 15.1. The van der Waals surface area contributed by atoms with E-state index >= 15 is 19.2 Å². The summed E-state index contributed by atoms with van der Waals surface area (Å²) in [6.07, 6.45) is 11.8. The van der Waals surface area contributed by atoms with Gasteiger partial charge in [0.05, 0.1) is 92.1 Å². The summed E-state index contributed by atoms with van der Waals surface area (Å²) in [7, 11) is 0. The molecule has 0 unspecified atom stereocenters. The molecule has 0 aliphatic carbocycles. The first kappa shape index (κ1) is 75.6. The molecule has 4 aliphatic rings. The molecule has 4 aliphatic heterocycles. The number of hydrogen-bond acceptors (Lipinski definition) is 12. The average Bonchev–Trinajstić information content (AvgIpc) is 1.61. The van der Waals surface area contributed by atoms with Gasteiger partial charge < -0.3 is 57.2 Å². The molecule has 0 radical (unpaired) electrons. The molecule has 0 saturated heterocycles. The van der Waals surface area contributed by atoms with Crippen molar-refractivity contribution in [3.63, 3.8) is 0 Å². The molecular formula is C100H88N12O8. The zero-order valence-corrected chi connectivity index (χ0v) is 66.4. The van der Waals surface area contributed by atoms with Gasteiger partial charge in [-0.3, -0.25) is 19.2 Å². The van der Waals surface area contributed by atoms with Gasteiger partial charge in [-0.15, -0.1) is 0 Å². The van der Waals surface area contributed by atoms with Crippen LogP contribution in [0, 0.1) is 0 Å². The lowest BCUT2D eigenvalue weighted by molar-refractivity contribution is 0.296. The molecule has 0 saturated carbocycles. The van der Waals surface area contributed by atoms with Crippen LogP contribution in [0.2, 0.25) is 0 Å². The molecule has 0 spiro atoms. The van der Waals surface area contributed by atoms with Crippen molar-refractivity contribution in [3.05, 3.63) is 331 Å². The Hall–Kier alpha value is -14.4. The van der Waals surface area contributed by atoms with Gasteiger partial charge in [-0.25, -0.2) is 19.9 Å². The van der Waals surface area contributed by atoms with Crippen LogP contribution in [-0.2, 0) is 26.2 Å². The highest BCUT2D eigenvalue weighted by Gasteiger charge is 2.21. The van der Waals surface area contributed by atoms with E-state index < -0.39 is 0 Å². The van der Waals surface area contributed by atoms with E-state index in [9.17, 15) is 0 Å². The largest absolute Gasteiger partial charge is 0.494 e. The Balaban J connectivity index is 0.634. The number of imidazole rings is 4. The summed E-state index contributed by atoms with van der Waals surface area (Å²) in [5.74, 6) is 3.02. The summed E-state index contributed by atoms with van der Waals surface area (Å²) in [6.45, 7) is 3.75. The van der Waals surface area contributed by atoms with E-state index in [1.807, 2.05) is 218 Å². The highest BCUT2D eigenvalue weighted by molar-refractivity contribution is 6.05. The van der Waals surface area contributed by atoms with Crippen molar-refractivity contribution in [1.82, 2.24) is 58.1 Å². The van der Waals surface area contributed by atoms with E-state index in [4.69, 9.17) is 38.9 Å². The Morgan fingerprint density at radius 2 is 0.433 bits per heavy atom. The molecule has 0 fully saturated rings. The lowest BCUT2D eigenvalue weighted by atomic mass is 10.1. The van der Waals surface area contributed by atoms with E-state index in [-0.39, 0.29) is 22.2 Å². The van der Waals surface area contributed by atoms with Crippen LogP contribution in [0.1, 0.15) is 99.3 Å². The summed E-state index contributed by atoms with van der Waals surface area (Å²) >= 11 is 0. The summed E-state index contributed by atoms with van der Waals surface area (Å²) in [5.41, 5.74) is 12.0. The lowest BCUT2D eigenvalue weighted by Crippen LogP contribution is -2.05. The number of nitrogens with one attached hydrogen (secondary N) is 4. The van der Waals surface area contributed by atoms with Gasteiger partial charge in [0.1, 0.15) is 67.7 Å². The van der Waals surface area contributed by atoms with Gasteiger partial charge in [0.15, 0.2) is 0 Å². The first-order valence-corrected chi connectivity index (χ1v) is 41.6. The van der Waals surface area contributed by atoms with Crippen LogP contribution >= 0.6 is 0 Å². The van der Waals surface area contributed by atoms with Crippen molar-refractivity contribution in [2.75, 3.05) is 26.4 Å². The number of hydrogen-bond donors (Lipinski definition) is 4. The Kier molecular flexibility index (Phi) is 21.5. The molecule has 12 aromatic carbocycles. The van der Waals surface area contributed by atoms with Crippen LogP contribution in [0.5, 0.6) is 23.0 Å². The third-order valence-electron chi connectivity index (χ3n) is 22.9. The van der Waals surface area contributed by atoms with Gasteiger partial charge in [0.25, 0.3) is 22.2 Å². The van der Waals surface area contributed by atoms with E-state index in [0.717, 1.165) is 144 Å². The van der Waals surface area contributed by atoms with Gasteiger partial charge in [-0.05, 0) is 194 Å². The molecule has 6 aromatic heterocycles. The maximum absolute atomic E-state index is 15.1. The molecule has 18 aromatic rings. The van der Waals surface area contributed by atoms with Crippen LogP contribution < -0.4 is 41.2 Å². The minimum absolute atomic E-state index is 0.332. The Labute approximate surface area is 688 Å². The maximum Gasteiger partial charge on any atom is 0.257 e. The molecule has 20 nitrogen and oxygen atoms in total. The van der Waals surface area contributed by atoms with Crippen molar-refractivity contribution >= 4 is 132 Å². The van der Waals surface area contributed by atoms with Crippen molar-refractivity contribution < 1.29 is 18.9 Å². The number of para-hydroxylation sites is 8. The predicted octanol–water partition coefficient (Wildman–Crippen LogP) is 20.5. The fraction of sp³-hybridized carbons (Fsp3) is 0.200. The quantitative estimate of drug-likeness (QED) is 0.111. The molecule has 22 rings (SSSR count). The van der Waals surface area contributed by atoms with Crippen LogP contribution in [-0.4, -0.2) is 84.6 Å². The third kappa shape index (κ3) is 15.7. The standard InChI is InChI=1S/C100H88N12O8/c113-97-77-41-25-49-85-89(77)105-93-73-37-9-13-45-81(73)101-99(115)79-43-27-51-87-91(79)107-95(75-39-11-15-47-83(75)103-97)111(87)63-67-31-23-35-71(59-67)119-55-19-7-3-4-8-20-56-120-72-36-24-32-68(60-72)64-112-88-52-28-44-80-92(88)108-96(112)76-40-12-16-48-84(76)104-98(114)78-42-26-50-86-90(78)106-94(74-38-10-14-46-82(74)102-100(80)116)110(86)62-66-30-22-34-70(58-66)118-54-18-6-2-1-5-17-53-117-69-33-21-29-65(57-69)61-109(85)93/h9-16,21-52,57-60H,1-8,17-20,53-56,61-64H2,(H,101,115)(H,102,116)(H,103,113)(H,104,114). The molecular weight excluding hydrogens is 1500 g/mol. The summed E-state index contributed by atoms with van der Waals surface area (Å²) in [6, 6.07) is 85.9. The number of aromatic amines is 4. The third-order valence-corrected chi connectivity index (χ3v) is 22.9. The number of aromatic nitrogens is 12. The molecule has 120 heavy (non-hydrogen) atoms. The van der Waals surface area contributed by atoms with Gasteiger partial charge >= 0.3 is 0 Å². The van der Waals surface area contributed by atoms with E-state index in [2.05, 4.69) is 86.7 Å². The van der Waals surface area contributed by atoms with Gasteiger partial charge in [-0.1, -0.05) is 173 Å². The first-order valence-electron chi connectivity index (χ1n) is 41.6. The average molecular weight is 1590 g/mol. The SMILES string of the molecule is O=c1[nH]c2ccccc2c2nc3c4cccc3n2Cc2cccc(c2)OCCCCCCCCOc2cccc(c2)Cn2c3cccc5c(=O)[nH]c6ccccc6c6nc7c(cccc7n6Cc6cccc(c6)OCCCCCCCCOc6cccc(c6)Cn6c7cccc1c7nc6c1ccccc1[nH]c4=O)c(=O)[nH]c1ccccc1c2nc53. The minimum atomic E-state index is -0.332. The molecule has 10 heterocycles. The number of nitrogens with zero attached hydrogens (tertiary/aromatic N) is 8. The molecule has 28 bridgehead atoms. The fourth-order valence-electron chi connectivity index (χ4n) is 16.9. The molecule has 596 valence electrons. The summed E-state index contributed by atoms with van der Waals surface area (Å²) in [4.78, 5) is 94.9. The topological polar surface area (TPSA) is 240 Å². The Morgan fingerprint density at radius 1 is 0.225 bits per heavy atom. The number of benzene rings is 12. The summed E-state index contributed by atoms with van der Waals surface area (Å²) in [5, 5.41) is 4.26. The van der Waals surface area contributed by atoms with Crippen LogP contribution in [0.15, 0.2) is 286 Å². The monoisotopic (exact) mass is 1580 g/mol. The van der Waals surface area contributed by atoms with Gasteiger partial charge in [-0.2, -0.15) is 0 Å². The normalized spacial score (nSPS) is 14.1. The second-order valence-electron chi connectivity index (χ2n) is 31.0. The fourth-order valence-corrected chi connectivity index (χ4v) is 16.9. The Morgan fingerprint density at radius 3 is 0.675 bits per heavy atom. The minimum Gasteiger partial charge on any atom is -0.494 e. The van der Waals surface area contributed by atoms with Crippen molar-refractivity contribution in [1.29, 1.82) is 0 Å². The smallest absolute Gasteiger partial charge is 0.257 e. The second kappa shape index (κ2) is 34.0. The second-order valence-corrected chi connectivity index (χ2v) is 31.0. The highest BCUT2D eigenvalue weighted by Crippen LogP contribution is 2.34. The lowest BCUT2D eigenvalue weighted by Gasteiger charge is -2.11. The van der Waals surface area contributed by atoms with Crippen molar-refractivity contribution in [3.8, 4) is 23.0 Å². The molecule has 20 heteroatoms. The molecule has 0 atom stereocenters. The number of ether oxygens (including phenoxy) is 4. The zero-order valence-electron chi connectivity index (χ0n) is 66.4. The predicted molar refractivity (Wildman–Crippen MR) is 481 cm³/mol. The zero-order chi connectivity index (χ0) is 80.8. The van der Waals surface area contributed by atoms with Crippen LogP contribution in [0.4, 0.5) is 0 Å². The van der Waals surface area contributed by atoms with Gasteiger partial charge in [0, 0.05) is 47.7 Å². The van der Waals surface area contributed by atoms with Gasteiger partial charge in [0.2, 0.25) is 0 Å².